The van der Waals surface area contributed by atoms with Crippen molar-refractivity contribution in [2.24, 2.45) is 34.5 Å². The number of carbonyl (C=O) groups is 1. The van der Waals surface area contributed by atoms with Crippen LogP contribution in [0.3, 0.4) is 0 Å². The minimum absolute atomic E-state index is 0.00867. The predicted molar refractivity (Wildman–Crippen MR) is 95.8 cm³/mol. The van der Waals surface area contributed by atoms with Gasteiger partial charge < -0.3 is 9.67 Å². The van der Waals surface area contributed by atoms with E-state index in [1.165, 1.54) is 19.3 Å². The highest BCUT2D eigenvalue weighted by atomic mass is 16.4. The summed E-state index contributed by atoms with van der Waals surface area (Å²) in [6, 6.07) is 0.511. The minimum atomic E-state index is -0.566. The Morgan fingerprint density at radius 2 is 2.04 bits per heavy atom. The van der Waals surface area contributed by atoms with E-state index in [0.717, 1.165) is 25.1 Å². The number of carboxylic acids is 1. The molecule has 0 spiro atoms. The molecule has 1 aliphatic heterocycles. The summed E-state index contributed by atoms with van der Waals surface area (Å²) in [6.07, 6.45) is 15.4. The maximum atomic E-state index is 11.8. The zero-order chi connectivity index (χ0) is 17.4. The molecule has 3 aliphatic carbocycles. The van der Waals surface area contributed by atoms with Crippen LogP contribution in [0.25, 0.3) is 6.08 Å². The van der Waals surface area contributed by atoms with Gasteiger partial charge in [-0.15, -0.1) is 0 Å². The maximum Gasteiger partial charge on any atom is 0.307 e. The van der Waals surface area contributed by atoms with Crippen molar-refractivity contribution in [1.29, 1.82) is 0 Å². The number of aliphatic carboxylic acids is 1. The lowest BCUT2D eigenvalue weighted by molar-refractivity contribution is -0.149. The molecule has 134 valence electrons. The number of allylic oxidation sites excluding steroid dienone is 1. The highest BCUT2D eigenvalue weighted by Crippen LogP contribution is 2.66. The summed E-state index contributed by atoms with van der Waals surface area (Å²) in [4.78, 5) is 16.3. The third-order valence-corrected chi connectivity index (χ3v) is 8.65. The summed E-state index contributed by atoms with van der Waals surface area (Å²) in [5.41, 5.74) is 0.188. The molecule has 4 unspecified atom stereocenters. The number of fused-ring (bicyclic) bond motifs is 7. The van der Waals surface area contributed by atoms with Gasteiger partial charge in [-0.05, 0) is 67.8 Å². The standard InChI is InChI=1S/C21H28N2O2/c1-20-9-7-15-13(14(20)4-5-16(20)19(24)25)3-6-17-21(15,2)10-8-18-22-11-12-23(17)18/h8,10-17H,3-7,9H2,1-2H3,(H,24,25)/t13?,14?,15?,16-,17?,20+,21-/m1/s1. The number of hydrogen-bond acceptors (Lipinski definition) is 2. The van der Waals surface area contributed by atoms with Crippen molar-refractivity contribution in [3.8, 4) is 0 Å². The summed E-state index contributed by atoms with van der Waals surface area (Å²) in [5, 5.41) is 9.72. The van der Waals surface area contributed by atoms with Crippen molar-refractivity contribution in [3.05, 3.63) is 24.3 Å². The van der Waals surface area contributed by atoms with Crippen LogP contribution < -0.4 is 0 Å². The summed E-state index contributed by atoms with van der Waals surface area (Å²) < 4.78 is 2.39. The third-order valence-electron chi connectivity index (χ3n) is 8.65. The molecule has 0 amide bonds. The van der Waals surface area contributed by atoms with E-state index in [4.69, 9.17) is 0 Å². The van der Waals surface area contributed by atoms with Crippen molar-refractivity contribution in [3.63, 3.8) is 0 Å². The van der Waals surface area contributed by atoms with Gasteiger partial charge in [0.15, 0.2) is 0 Å². The molecular weight excluding hydrogens is 312 g/mol. The molecule has 0 saturated heterocycles. The Bertz CT molecular complexity index is 753. The van der Waals surface area contributed by atoms with Crippen LogP contribution in [0, 0.1) is 34.5 Å². The van der Waals surface area contributed by atoms with E-state index in [0.29, 0.717) is 23.8 Å². The Labute approximate surface area is 149 Å². The number of imidazole rings is 1. The second kappa shape index (κ2) is 4.99. The van der Waals surface area contributed by atoms with Gasteiger partial charge in [0, 0.05) is 23.9 Å². The fraction of sp³-hybridized carbons (Fsp3) is 0.714. The normalized spacial score (nSPS) is 47.5. The SMILES string of the molecule is C[C@]12C=Cc3nccn3C1CCC1C2CC[C@@]2(C)C1CC[C@@H]2C(=O)O. The molecule has 3 saturated carbocycles. The largest absolute Gasteiger partial charge is 0.481 e. The molecule has 0 radical (unpaired) electrons. The molecule has 0 bridgehead atoms. The Hall–Kier alpha value is -1.58. The van der Waals surface area contributed by atoms with Crippen LogP contribution in [0.4, 0.5) is 0 Å². The highest BCUT2D eigenvalue weighted by molar-refractivity contribution is 5.71. The first-order chi connectivity index (χ1) is 11.9. The zero-order valence-electron chi connectivity index (χ0n) is 15.2. The molecule has 7 atom stereocenters. The molecule has 1 aromatic rings. The predicted octanol–water partition coefficient (Wildman–Crippen LogP) is 4.39. The third kappa shape index (κ3) is 1.89. The zero-order valence-corrected chi connectivity index (χ0v) is 15.2. The van der Waals surface area contributed by atoms with Crippen molar-refractivity contribution in [2.45, 2.75) is 58.4 Å². The van der Waals surface area contributed by atoms with Crippen molar-refractivity contribution in [1.82, 2.24) is 9.55 Å². The van der Waals surface area contributed by atoms with Crippen LogP contribution in [0.1, 0.15) is 64.2 Å². The highest BCUT2D eigenvalue weighted by Gasteiger charge is 2.61. The van der Waals surface area contributed by atoms with Crippen LogP contribution >= 0.6 is 0 Å². The molecule has 4 nitrogen and oxygen atoms in total. The van der Waals surface area contributed by atoms with Gasteiger partial charge in [0.1, 0.15) is 5.82 Å². The number of hydrogen-bond donors (Lipinski definition) is 1. The number of rotatable bonds is 1. The lowest BCUT2D eigenvalue weighted by atomic mass is 9.48. The van der Waals surface area contributed by atoms with E-state index < -0.39 is 5.97 Å². The van der Waals surface area contributed by atoms with Crippen molar-refractivity contribution >= 4 is 12.0 Å². The smallest absolute Gasteiger partial charge is 0.307 e. The van der Waals surface area contributed by atoms with Gasteiger partial charge in [-0.1, -0.05) is 19.9 Å². The Morgan fingerprint density at radius 1 is 1.20 bits per heavy atom. The molecule has 4 aliphatic rings. The van der Waals surface area contributed by atoms with Gasteiger partial charge in [0.25, 0.3) is 0 Å². The molecular formula is C21H28N2O2. The van der Waals surface area contributed by atoms with E-state index in [2.05, 4.69) is 41.7 Å². The Kier molecular flexibility index (Phi) is 3.12. The van der Waals surface area contributed by atoms with E-state index in [-0.39, 0.29) is 16.7 Å². The van der Waals surface area contributed by atoms with E-state index in [1.807, 2.05) is 6.20 Å². The average molecular weight is 340 g/mol. The second-order valence-electron chi connectivity index (χ2n) is 9.37. The molecule has 25 heavy (non-hydrogen) atoms. The number of carboxylic acid groups (broad SMARTS) is 1. The summed E-state index contributed by atoms with van der Waals surface area (Å²) in [7, 11) is 0. The molecule has 5 rings (SSSR count). The van der Waals surface area contributed by atoms with Crippen molar-refractivity contribution < 1.29 is 9.90 Å². The first-order valence-corrected chi connectivity index (χ1v) is 9.90. The molecule has 2 heterocycles. The quantitative estimate of drug-likeness (QED) is 0.824. The van der Waals surface area contributed by atoms with Crippen LogP contribution in [-0.4, -0.2) is 20.6 Å². The maximum absolute atomic E-state index is 11.8. The molecule has 3 fully saturated rings. The fourth-order valence-electron chi connectivity index (χ4n) is 7.42. The van der Waals surface area contributed by atoms with Crippen LogP contribution in [-0.2, 0) is 4.79 Å². The second-order valence-corrected chi connectivity index (χ2v) is 9.37. The van der Waals surface area contributed by atoms with Crippen LogP contribution in [0.2, 0.25) is 0 Å². The monoisotopic (exact) mass is 340 g/mol. The lowest BCUT2D eigenvalue weighted by Gasteiger charge is -2.58. The first kappa shape index (κ1) is 15.7. The van der Waals surface area contributed by atoms with Gasteiger partial charge in [-0.3, -0.25) is 4.79 Å². The minimum Gasteiger partial charge on any atom is -0.481 e. The van der Waals surface area contributed by atoms with E-state index >= 15 is 0 Å². The lowest BCUT2D eigenvalue weighted by Crippen LogP contribution is -2.52. The van der Waals surface area contributed by atoms with Gasteiger partial charge in [-0.25, -0.2) is 4.98 Å². The van der Waals surface area contributed by atoms with Crippen LogP contribution in [0.15, 0.2) is 18.5 Å². The number of aromatic nitrogens is 2. The topological polar surface area (TPSA) is 55.1 Å². The fourth-order valence-corrected chi connectivity index (χ4v) is 7.42. The summed E-state index contributed by atoms with van der Waals surface area (Å²) in [6.45, 7) is 4.72. The average Bonchev–Trinajstić information content (AvgIpc) is 3.17. The van der Waals surface area contributed by atoms with E-state index in [9.17, 15) is 9.90 Å². The van der Waals surface area contributed by atoms with Gasteiger partial charge >= 0.3 is 5.97 Å². The molecule has 1 N–H and O–H groups in total. The van der Waals surface area contributed by atoms with Crippen molar-refractivity contribution in [2.75, 3.05) is 0 Å². The number of nitrogens with zero attached hydrogens (tertiary/aromatic N) is 2. The van der Waals surface area contributed by atoms with E-state index in [1.54, 1.807) is 0 Å². The molecule has 4 heteroatoms. The first-order valence-electron chi connectivity index (χ1n) is 9.90. The van der Waals surface area contributed by atoms with Crippen LogP contribution in [0.5, 0.6) is 0 Å². The molecule has 1 aromatic heterocycles. The summed E-state index contributed by atoms with van der Waals surface area (Å²) >= 11 is 0. The summed E-state index contributed by atoms with van der Waals surface area (Å²) in [5.74, 6) is 2.33. The molecule has 0 aromatic carbocycles. The van der Waals surface area contributed by atoms with Gasteiger partial charge in [0.2, 0.25) is 0 Å². The van der Waals surface area contributed by atoms with Gasteiger partial charge in [0.05, 0.1) is 5.92 Å². The Balaban J connectivity index is 1.51. The van der Waals surface area contributed by atoms with Gasteiger partial charge in [-0.2, -0.15) is 0 Å². The Morgan fingerprint density at radius 3 is 2.84 bits per heavy atom.